The van der Waals surface area contributed by atoms with Gasteiger partial charge in [-0.15, -0.1) is 0 Å². The van der Waals surface area contributed by atoms with E-state index in [2.05, 4.69) is 4.40 Å². The highest BCUT2D eigenvalue weighted by molar-refractivity contribution is 7.84. The van der Waals surface area contributed by atoms with Gasteiger partial charge in [-0.3, -0.25) is 0 Å². The first-order chi connectivity index (χ1) is 6.24. The minimum Gasteiger partial charge on any atom is -0.496 e. The third-order valence-corrected chi connectivity index (χ3v) is 2.91. The van der Waals surface area contributed by atoms with E-state index in [0.29, 0.717) is 16.2 Å². The normalized spacial score (nSPS) is 19.5. The number of rotatable bonds is 1. The Labute approximate surface area is 78.0 Å². The molecular formula is C8H8N2O2S. The smallest absolute Gasteiger partial charge is 0.175 e. The summed E-state index contributed by atoms with van der Waals surface area (Å²) in [7, 11) is 0.189. The predicted octanol–water partition coefficient (Wildman–Crippen LogP) is 0.437. The maximum Gasteiger partial charge on any atom is 0.175 e. The summed E-state index contributed by atoms with van der Waals surface area (Å²) in [4.78, 5) is 0.622. The van der Waals surface area contributed by atoms with Crippen molar-refractivity contribution in [2.45, 2.75) is 4.90 Å². The SMILES string of the molecule is COc1cccc2c1C(N)=NS2=O. The molecule has 0 amide bonds. The van der Waals surface area contributed by atoms with Gasteiger partial charge < -0.3 is 10.5 Å². The number of hydrogen-bond acceptors (Lipinski definition) is 3. The van der Waals surface area contributed by atoms with Crippen LogP contribution in [0.2, 0.25) is 0 Å². The second-order valence-electron chi connectivity index (χ2n) is 2.56. The van der Waals surface area contributed by atoms with E-state index in [1.807, 2.05) is 0 Å². The largest absolute Gasteiger partial charge is 0.496 e. The summed E-state index contributed by atoms with van der Waals surface area (Å²) < 4.78 is 20.2. The van der Waals surface area contributed by atoms with Gasteiger partial charge in [0.1, 0.15) is 11.6 Å². The van der Waals surface area contributed by atoms with Crippen LogP contribution >= 0.6 is 0 Å². The van der Waals surface area contributed by atoms with E-state index in [4.69, 9.17) is 10.5 Å². The number of methoxy groups -OCH3 is 1. The van der Waals surface area contributed by atoms with Crippen molar-refractivity contribution in [3.63, 3.8) is 0 Å². The summed E-state index contributed by atoms with van der Waals surface area (Å²) in [6, 6.07) is 5.27. The zero-order valence-electron chi connectivity index (χ0n) is 6.98. The molecule has 0 aliphatic carbocycles. The van der Waals surface area contributed by atoms with Gasteiger partial charge >= 0.3 is 0 Å². The van der Waals surface area contributed by atoms with Crippen molar-refractivity contribution in [1.82, 2.24) is 0 Å². The lowest BCUT2D eigenvalue weighted by molar-refractivity contribution is 0.413. The molecular weight excluding hydrogens is 188 g/mol. The number of nitrogens with two attached hydrogens (primary N) is 1. The molecule has 1 atom stereocenters. The highest BCUT2D eigenvalue weighted by Crippen LogP contribution is 2.29. The highest BCUT2D eigenvalue weighted by atomic mass is 32.2. The minimum atomic E-state index is -1.36. The fourth-order valence-corrected chi connectivity index (χ4v) is 2.21. The molecule has 2 N–H and O–H groups in total. The van der Waals surface area contributed by atoms with Crippen LogP contribution in [0.25, 0.3) is 0 Å². The molecule has 13 heavy (non-hydrogen) atoms. The Morgan fingerprint density at radius 2 is 2.31 bits per heavy atom. The first-order valence-electron chi connectivity index (χ1n) is 3.67. The lowest BCUT2D eigenvalue weighted by atomic mass is 10.2. The standard InChI is InChI=1S/C8H8N2O2S/c1-12-5-3-2-4-6-7(5)8(9)10-13(6)11/h2-4H,1H3,(H2,9,10). The Kier molecular flexibility index (Phi) is 1.81. The predicted molar refractivity (Wildman–Crippen MR) is 50.1 cm³/mol. The zero-order valence-corrected chi connectivity index (χ0v) is 7.80. The van der Waals surface area contributed by atoms with Crippen LogP contribution in [-0.2, 0) is 11.0 Å². The van der Waals surface area contributed by atoms with Crippen LogP contribution in [0.3, 0.4) is 0 Å². The van der Waals surface area contributed by atoms with Crippen molar-refractivity contribution < 1.29 is 8.95 Å². The molecule has 1 aromatic carbocycles. The third-order valence-electron chi connectivity index (χ3n) is 1.83. The molecule has 0 bridgehead atoms. The maximum absolute atomic E-state index is 11.3. The molecule has 2 rings (SSSR count). The Hall–Kier alpha value is -1.36. The number of hydrogen-bond donors (Lipinski definition) is 1. The first kappa shape index (κ1) is 8.25. The molecule has 1 aliphatic heterocycles. The van der Waals surface area contributed by atoms with E-state index in [-0.39, 0.29) is 5.84 Å². The molecule has 4 nitrogen and oxygen atoms in total. The van der Waals surface area contributed by atoms with E-state index in [9.17, 15) is 4.21 Å². The van der Waals surface area contributed by atoms with E-state index < -0.39 is 11.0 Å². The van der Waals surface area contributed by atoms with Crippen LogP contribution in [0.1, 0.15) is 5.56 Å². The molecule has 0 aromatic heterocycles. The summed E-state index contributed by atoms with van der Waals surface area (Å²) in [5.74, 6) is 0.899. The summed E-state index contributed by atoms with van der Waals surface area (Å²) >= 11 is 0. The van der Waals surface area contributed by atoms with Crippen LogP contribution < -0.4 is 10.5 Å². The van der Waals surface area contributed by atoms with Gasteiger partial charge in [0.2, 0.25) is 0 Å². The summed E-state index contributed by atoms with van der Waals surface area (Å²) in [5, 5.41) is 0. The quantitative estimate of drug-likeness (QED) is 0.708. The van der Waals surface area contributed by atoms with Gasteiger partial charge in [-0.1, -0.05) is 6.07 Å². The van der Waals surface area contributed by atoms with Crippen LogP contribution in [0, 0.1) is 0 Å². The average Bonchev–Trinajstić information content (AvgIpc) is 2.43. The average molecular weight is 196 g/mol. The molecule has 1 aromatic rings. The number of fused-ring (bicyclic) bond motifs is 1. The van der Waals surface area contributed by atoms with E-state index in [1.54, 1.807) is 25.3 Å². The maximum atomic E-state index is 11.3. The summed E-state index contributed by atoms with van der Waals surface area (Å²) in [5.41, 5.74) is 6.25. The Morgan fingerprint density at radius 1 is 1.54 bits per heavy atom. The first-order valence-corrected chi connectivity index (χ1v) is 4.78. The molecule has 0 spiro atoms. The second kappa shape index (κ2) is 2.85. The van der Waals surface area contributed by atoms with Gasteiger partial charge in [0.25, 0.3) is 0 Å². The molecule has 1 aliphatic rings. The molecule has 68 valence electrons. The van der Waals surface area contributed by atoms with Gasteiger partial charge in [-0.25, -0.2) is 4.21 Å². The van der Waals surface area contributed by atoms with E-state index in [0.717, 1.165) is 0 Å². The van der Waals surface area contributed by atoms with Gasteiger partial charge in [0, 0.05) is 0 Å². The fourth-order valence-electron chi connectivity index (χ4n) is 1.26. The lowest BCUT2D eigenvalue weighted by Gasteiger charge is -2.04. The van der Waals surface area contributed by atoms with Crippen molar-refractivity contribution in [3.8, 4) is 5.75 Å². The van der Waals surface area contributed by atoms with Gasteiger partial charge in [0.05, 0.1) is 17.6 Å². The second-order valence-corrected chi connectivity index (χ2v) is 3.68. The highest BCUT2D eigenvalue weighted by Gasteiger charge is 2.23. The van der Waals surface area contributed by atoms with Gasteiger partial charge in [-0.05, 0) is 12.1 Å². The number of benzene rings is 1. The number of nitrogens with zero attached hydrogens (tertiary/aromatic N) is 1. The van der Waals surface area contributed by atoms with Gasteiger partial charge in [-0.2, -0.15) is 4.40 Å². The molecule has 5 heteroatoms. The summed E-state index contributed by atoms with van der Waals surface area (Å²) in [6.45, 7) is 0. The van der Waals surface area contributed by atoms with E-state index in [1.165, 1.54) is 0 Å². The molecule has 0 fully saturated rings. The molecule has 1 heterocycles. The van der Waals surface area contributed by atoms with Crippen molar-refractivity contribution in [3.05, 3.63) is 23.8 Å². The summed E-state index contributed by atoms with van der Waals surface area (Å²) in [6.07, 6.45) is 0. The molecule has 0 saturated heterocycles. The Balaban J connectivity index is 2.70. The minimum absolute atomic E-state index is 0.283. The number of ether oxygens (including phenoxy) is 1. The monoisotopic (exact) mass is 196 g/mol. The van der Waals surface area contributed by atoms with E-state index >= 15 is 0 Å². The van der Waals surface area contributed by atoms with Crippen molar-refractivity contribution in [2.75, 3.05) is 7.11 Å². The Morgan fingerprint density at radius 3 is 3.00 bits per heavy atom. The number of amidine groups is 1. The third kappa shape index (κ3) is 1.12. The Bertz CT molecular complexity index is 415. The van der Waals surface area contributed by atoms with Gasteiger partial charge in [0.15, 0.2) is 11.0 Å². The van der Waals surface area contributed by atoms with Crippen LogP contribution in [0.4, 0.5) is 0 Å². The van der Waals surface area contributed by atoms with Crippen LogP contribution in [0.15, 0.2) is 27.5 Å². The lowest BCUT2D eigenvalue weighted by Crippen LogP contribution is -2.11. The fraction of sp³-hybridized carbons (Fsp3) is 0.125. The topological polar surface area (TPSA) is 64.7 Å². The van der Waals surface area contributed by atoms with Crippen molar-refractivity contribution in [2.24, 2.45) is 10.1 Å². The molecule has 0 radical (unpaired) electrons. The van der Waals surface area contributed by atoms with Crippen molar-refractivity contribution in [1.29, 1.82) is 0 Å². The van der Waals surface area contributed by atoms with Crippen molar-refractivity contribution >= 4 is 16.8 Å². The zero-order chi connectivity index (χ0) is 9.42. The van der Waals surface area contributed by atoms with Crippen LogP contribution in [0.5, 0.6) is 5.75 Å². The van der Waals surface area contributed by atoms with Crippen LogP contribution in [-0.4, -0.2) is 17.2 Å². The molecule has 1 unspecified atom stereocenters. The molecule has 0 saturated carbocycles.